The monoisotopic (exact) mass is 335 g/mol. The second kappa shape index (κ2) is 7.01. The molecule has 1 aromatic heterocycles. The zero-order chi connectivity index (χ0) is 16.4. The average Bonchev–Trinajstić information content (AvgIpc) is 3.24. The number of carbonyl (C=O) groups excluding carboxylic acids is 2. The van der Waals surface area contributed by atoms with Gasteiger partial charge in [-0.1, -0.05) is 0 Å². The lowest BCUT2D eigenvalue weighted by atomic mass is 10.0. The molecule has 2 aliphatic rings. The number of hydrogen-bond donors (Lipinski definition) is 1. The summed E-state index contributed by atoms with van der Waals surface area (Å²) in [5.41, 5.74) is 0. The predicted octanol–water partition coefficient (Wildman–Crippen LogP) is 2.08. The molecule has 1 N–H and O–H groups in total. The number of hydrogen-bond acceptors (Lipinski definition) is 4. The third-order valence-electron chi connectivity index (χ3n) is 4.97. The molecule has 23 heavy (non-hydrogen) atoms. The van der Waals surface area contributed by atoms with Crippen LogP contribution < -0.4 is 5.32 Å². The zero-order valence-electron chi connectivity index (χ0n) is 13.9. The van der Waals surface area contributed by atoms with Crippen LogP contribution in [0.5, 0.6) is 0 Å². The number of rotatable bonds is 4. The Morgan fingerprint density at radius 1 is 1.22 bits per heavy atom. The van der Waals surface area contributed by atoms with Crippen LogP contribution in [0.25, 0.3) is 0 Å². The van der Waals surface area contributed by atoms with Gasteiger partial charge in [0.25, 0.3) is 5.91 Å². The third kappa shape index (κ3) is 3.58. The van der Waals surface area contributed by atoms with Crippen molar-refractivity contribution in [3.63, 3.8) is 0 Å². The summed E-state index contributed by atoms with van der Waals surface area (Å²) in [5.74, 6) is 0.113. The molecule has 126 valence electrons. The Morgan fingerprint density at radius 3 is 2.65 bits per heavy atom. The van der Waals surface area contributed by atoms with Crippen LogP contribution in [0.3, 0.4) is 0 Å². The Labute approximate surface area is 141 Å². The van der Waals surface area contributed by atoms with Gasteiger partial charge in [0.15, 0.2) is 0 Å². The van der Waals surface area contributed by atoms with Crippen molar-refractivity contribution >= 4 is 23.2 Å². The number of amides is 2. The van der Waals surface area contributed by atoms with Gasteiger partial charge in [0.1, 0.15) is 0 Å². The topological polar surface area (TPSA) is 52.7 Å². The smallest absolute Gasteiger partial charge is 0.264 e. The van der Waals surface area contributed by atoms with Crippen LogP contribution in [0.15, 0.2) is 12.1 Å². The van der Waals surface area contributed by atoms with E-state index in [1.807, 2.05) is 12.1 Å². The van der Waals surface area contributed by atoms with E-state index in [2.05, 4.69) is 22.2 Å². The first kappa shape index (κ1) is 16.5. The van der Waals surface area contributed by atoms with E-state index in [1.54, 1.807) is 0 Å². The SMILES string of the molecule is CC(=O)NCc1ccc(C(=O)N2CCCC2C2CCCN2C)s1. The average molecular weight is 335 g/mol. The van der Waals surface area contributed by atoms with E-state index in [9.17, 15) is 9.59 Å². The maximum atomic E-state index is 12.9. The van der Waals surface area contributed by atoms with Crippen molar-refractivity contribution in [2.45, 2.75) is 51.2 Å². The Hall–Kier alpha value is -1.40. The fraction of sp³-hybridized carbons (Fsp3) is 0.647. The summed E-state index contributed by atoms with van der Waals surface area (Å²) in [6.07, 6.45) is 4.65. The summed E-state index contributed by atoms with van der Waals surface area (Å²) in [6.45, 7) is 4.02. The quantitative estimate of drug-likeness (QED) is 0.917. The standard InChI is InChI=1S/C17H25N3O2S/c1-12(21)18-11-13-7-8-16(23-13)17(22)20-10-4-6-15(20)14-5-3-9-19(14)2/h7-8,14-15H,3-6,9-11H2,1-2H3,(H,18,21). The van der Waals surface area contributed by atoms with E-state index < -0.39 is 0 Å². The first-order chi connectivity index (χ1) is 11.1. The van der Waals surface area contributed by atoms with Crippen LogP contribution in [0.4, 0.5) is 0 Å². The summed E-state index contributed by atoms with van der Waals surface area (Å²) in [5, 5.41) is 2.78. The lowest BCUT2D eigenvalue weighted by Crippen LogP contribution is -2.46. The zero-order valence-corrected chi connectivity index (χ0v) is 14.7. The molecule has 2 fully saturated rings. The van der Waals surface area contributed by atoms with Crippen molar-refractivity contribution in [1.29, 1.82) is 0 Å². The summed E-state index contributed by atoms with van der Waals surface area (Å²) < 4.78 is 0. The van der Waals surface area contributed by atoms with Gasteiger partial charge < -0.3 is 15.1 Å². The summed E-state index contributed by atoms with van der Waals surface area (Å²) >= 11 is 1.50. The molecule has 2 amide bonds. The molecule has 0 aromatic carbocycles. The largest absolute Gasteiger partial charge is 0.351 e. The molecule has 0 saturated carbocycles. The highest BCUT2D eigenvalue weighted by Gasteiger charge is 2.38. The Morgan fingerprint density at radius 2 is 1.96 bits per heavy atom. The minimum Gasteiger partial charge on any atom is -0.351 e. The van der Waals surface area contributed by atoms with Crippen LogP contribution >= 0.6 is 11.3 Å². The maximum absolute atomic E-state index is 12.9. The second-order valence-electron chi connectivity index (χ2n) is 6.57. The molecule has 1 aromatic rings. The van der Waals surface area contributed by atoms with Crippen LogP contribution in [0, 0.1) is 0 Å². The number of nitrogens with zero attached hydrogens (tertiary/aromatic N) is 2. The number of likely N-dealkylation sites (N-methyl/N-ethyl adjacent to an activating group) is 1. The van der Waals surface area contributed by atoms with Crippen LogP contribution in [0.1, 0.15) is 47.2 Å². The fourth-order valence-corrected chi connectivity index (χ4v) is 4.71. The lowest BCUT2D eigenvalue weighted by molar-refractivity contribution is -0.119. The van der Waals surface area contributed by atoms with E-state index in [1.165, 1.54) is 31.1 Å². The maximum Gasteiger partial charge on any atom is 0.264 e. The molecule has 3 heterocycles. The van der Waals surface area contributed by atoms with Gasteiger partial charge in [-0.3, -0.25) is 9.59 Å². The van der Waals surface area contributed by atoms with Crippen LogP contribution in [0.2, 0.25) is 0 Å². The number of nitrogens with one attached hydrogen (secondary N) is 1. The van der Waals surface area contributed by atoms with Crippen molar-refractivity contribution in [1.82, 2.24) is 15.1 Å². The Kier molecular flexibility index (Phi) is 5.02. The van der Waals surface area contributed by atoms with Gasteiger partial charge in [0, 0.05) is 30.4 Å². The number of likely N-dealkylation sites (tertiary alicyclic amines) is 2. The fourth-order valence-electron chi connectivity index (χ4n) is 3.81. The molecule has 0 bridgehead atoms. The molecule has 5 nitrogen and oxygen atoms in total. The molecule has 2 saturated heterocycles. The number of thiophene rings is 1. The van der Waals surface area contributed by atoms with Gasteiger partial charge in [-0.2, -0.15) is 0 Å². The van der Waals surface area contributed by atoms with Crippen molar-refractivity contribution in [3.8, 4) is 0 Å². The highest BCUT2D eigenvalue weighted by Crippen LogP contribution is 2.31. The summed E-state index contributed by atoms with van der Waals surface area (Å²) in [7, 11) is 2.18. The van der Waals surface area contributed by atoms with Gasteiger partial charge >= 0.3 is 0 Å². The van der Waals surface area contributed by atoms with Crippen molar-refractivity contribution in [2.24, 2.45) is 0 Å². The highest BCUT2D eigenvalue weighted by atomic mass is 32.1. The Bertz CT molecular complexity index is 586. The first-order valence-electron chi connectivity index (χ1n) is 8.40. The van der Waals surface area contributed by atoms with E-state index in [4.69, 9.17) is 0 Å². The van der Waals surface area contributed by atoms with Crippen LogP contribution in [-0.4, -0.2) is 53.8 Å². The van der Waals surface area contributed by atoms with Crippen LogP contribution in [-0.2, 0) is 11.3 Å². The van der Waals surface area contributed by atoms with E-state index in [0.717, 1.165) is 35.7 Å². The summed E-state index contributed by atoms with van der Waals surface area (Å²) in [6, 6.07) is 4.72. The highest BCUT2D eigenvalue weighted by molar-refractivity contribution is 7.14. The van der Waals surface area contributed by atoms with Crippen molar-refractivity contribution in [2.75, 3.05) is 20.1 Å². The molecule has 2 aliphatic heterocycles. The predicted molar refractivity (Wildman–Crippen MR) is 91.6 cm³/mol. The molecule has 0 spiro atoms. The molecule has 3 rings (SSSR count). The van der Waals surface area contributed by atoms with Gasteiger partial charge in [0.05, 0.1) is 11.4 Å². The second-order valence-corrected chi connectivity index (χ2v) is 7.74. The Balaban J connectivity index is 1.68. The van der Waals surface area contributed by atoms with Gasteiger partial charge in [-0.25, -0.2) is 0 Å². The van der Waals surface area contributed by atoms with E-state index in [0.29, 0.717) is 18.6 Å². The van der Waals surface area contributed by atoms with E-state index in [-0.39, 0.29) is 11.8 Å². The molecular weight excluding hydrogens is 310 g/mol. The first-order valence-corrected chi connectivity index (χ1v) is 9.22. The van der Waals surface area contributed by atoms with Crippen molar-refractivity contribution < 1.29 is 9.59 Å². The lowest BCUT2D eigenvalue weighted by Gasteiger charge is -2.33. The third-order valence-corrected chi connectivity index (χ3v) is 6.04. The number of carbonyl (C=O) groups is 2. The molecule has 0 radical (unpaired) electrons. The van der Waals surface area contributed by atoms with Gasteiger partial charge in [-0.15, -0.1) is 11.3 Å². The molecule has 0 aliphatic carbocycles. The van der Waals surface area contributed by atoms with Crippen molar-refractivity contribution in [3.05, 3.63) is 21.9 Å². The van der Waals surface area contributed by atoms with Gasteiger partial charge in [-0.05, 0) is 51.4 Å². The summed E-state index contributed by atoms with van der Waals surface area (Å²) in [4.78, 5) is 30.2. The minimum atomic E-state index is -0.0462. The molecular formula is C17H25N3O2S. The van der Waals surface area contributed by atoms with E-state index >= 15 is 0 Å². The van der Waals surface area contributed by atoms with Gasteiger partial charge in [0.2, 0.25) is 5.91 Å². The normalized spacial score (nSPS) is 25.0. The molecule has 2 unspecified atom stereocenters. The molecule has 2 atom stereocenters. The molecule has 6 heteroatoms. The minimum absolute atomic E-state index is 0.0462.